The van der Waals surface area contributed by atoms with Gasteiger partial charge < -0.3 is 5.73 Å². The van der Waals surface area contributed by atoms with E-state index in [-0.39, 0.29) is 11.4 Å². The number of aromatic nitrogens is 2. The first-order chi connectivity index (χ1) is 7.58. The Bertz CT molecular complexity index is 567. The molecule has 2 aromatic rings. The molecule has 4 heteroatoms. The van der Waals surface area contributed by atoms with E-state index in [4.69, 9.17) is 5.73 Å². The summed E-state index contributed by atoms with van der Waals surface area (Å²) in [5, 5.41) is 0. The number of rotatable bonds is 1. The van der Waals surface area contributed by atoms with Gasteiger partial charge >= 0.3 is 0 Å². The second-order valence-electron chi connectivity index (χ2n) is 3.83. The summed E-state index contributed by atoms with van der Waals surface area (Å²) in [4.78, 5) is 15.5. The van der Waals surface area contributed by atoms with E-state index in [2.05, 4.69) is 11.1 Å². The number of nitrogens with two attached hydrogens (primary N) is 1. The first-order valence-electron chi connectivity index (χ1n) is 5.00. The molecule has 2 N–H and O–H groups in total. The zero-order chi connectivity index (χ0) is 11.7. The van der Waals surface area contributed by atoms with Gasteiger partial charge in [-0.2, -0.15) is 0 Å². The van der Waals surface area contributed by atoms with E-state index in [0.29, 0.717) is 0 Å². The van der Waals surface area contributed by atoms with Gasteiger partial charge in [0.25, 0.3) is 5.56 Å². The van der Waals surface area contributed by atoms with Crippen LogP contribution < -0.4 is 11.3 Å². The summed E-state index contributed by atoms with van der Waals surface area (Å²) in [7, 11) is 0. The fourth-order valence-electron chi connectivity index (χ4n) is 1.72. The molecule has 0 fully saturated rings. The highest BCUT2D eigenvalue weighted by atomic mass is 16.1. The van der Waals surface area contributed by atoms with E-state index in [0.717, 1.165) is 16.8 Å². The largest absolute Gasteiger partial charge is 0.379 e. The molecule has 0 aliphatic rings. The molecule has 82 valence electrons. The fraction of sp³-hybridized carbons (Fsp3) is 0.167. The number of anilines is 1. The molecule has 4 nitrogen and oxygen atoms in total. The molecule has 16 heavy (non-hydrogen) atoms. The van der Waals surface area contributed by atoms with E-state index in [1.54, 1.807) is 6.20 Å². The Morgan fingerprint density at radius 1 is 1.19 bits per heavy atom. The van der Waals surface area contributed by atoms with Gasteiger partial charge in [-0.25, -0.2) is 4.98 Å². The van der Waals surface area contributed by atoms with E-state index in [1.807, 2.05) is 26.0 Å². The number of benzene rings is 1. The molecule has 0 radical (unpaired) electrons. The van der Waals surface area contributed by atoms with Crippen molar-refractivity contribution in [2.24, 2.45) is 0 Å². The Kier molecular flexibility index (Phi) is 2.48. The van der Waals surface area contributed by atoms with Gasteiger partial charge in [0.2, 0.25) is 0 Å². The molecule has 0 spiro atoms. The minimum absolute atomic E-state index is 0.0154. The Hall–Kier alpha value is -2.10. The van der Waals surface area contributed by atoms with Crippen LogP contribution in [0.1, 0.15) is 11.1 Å². The smallest absolute Gasteiger partial charge is 0.297 e. The first-order valence-corrected chi connectivity index (χ1v) is 5.00. The average Bonchev–Trinajstić information content (AvgIpc) is 2.20. The van der Waals surface area contributed by atoms with Gasteiger partial charge in [0.1, 0.15) is 0 Å². The summed E-state index contributed by atoms with van der Waals surface area (Å²) in [6.07, 6.45) is 3.14. The van der Waals surface area contributed by atoms with Crippen LogP contribution in [0.15, 0.2) is 35.4 Å². The lowest BCUT2D eigenvalue weighted by Crippen LogP contribution is -2.22. The Labute approximate surface area is 93.4 Å². The molecule has 0 aliphatic carbocycles. The molecule has 2 rings (SSSR count). The summed E-state index contributed by atoms with van der Waals surface area (Å²) in [6, 6.07) is 5.93. The maximum atomic E-state index is 11.8. The molecule has 0 aliphatic heterocycles. The van der Waals surface area contributed by atoms with E-state index in [9.17, 15) is 4.79 Å². The maximum Gasteiger partial charge on any atom is 0.297 e. The third-order valence-electron chi connectivity index (χ3n) is 2.35. The van der Waals surface area contributed by atoms with E-state index >= 15 is 0 Å². The lowest BCUT2D eigenvalue weighted by molar-refractivity contribution is 0.960. The minimum Gasteiger partial charge on any atom is -0.379 e. The van der Waals surface area contributed by atoms with Crippen molar-refractivity contribution in [3.05, 3.63) is 52.1 Å². The zero-order valence-electron chi connectivity index (χ0n) is 9.27. The lowest BCUT2D eigenvalue weighted by atomic mass is 10.1. The predicted molar refractivity (Wildman–Crippen MR) is 63.7 cm³/mol. The van der Waals surface area contributed by atoms with Crippen LogP contribution in [0.25, 0.3) is 5.69 Å². The minimum atomic E-state index is -0.285. The molecule has 0 saturated heterocycles. The zero-order valence-corrected chi connectivity index (χ0v) is 9.27. The van der Waals surface area contributed by atoms with Crippen LogP contribution in [-0.2, 0) is 0 Å². The van der Waals surface area contributed by atoms with Gasteiger partial charge in [0, 0.05) is 18.1 Å². The number of nitrogens with zero attached hydrogens (tertiary/aromatic N) is 2. The molecular formula is C12H13N3O. The van der Waals surface area contributed by atoms with Gasteiger partial charge in [-0.15, -0.1) is 0 Å². The van der Waals surface area contributed by atoms with Gasteiger partial charge in [-0.1, -0.05) is 6.07 Å². The maximum absolute atomic E-state index is 11.8. The summed E-state index contributed by atoms with van der Waals surface area (Å²) in [6.45, 7) is 3.98. The van der Waals surface area contributed by atoms with Gasteiger partial charge in [0.15, 0.2) is 5.82 Å². The molecule has 0 bridgehead atoms. The van der Waals surface area contributed by atoms with Gasteiger partial charge in [-0.3, -0.25) is 9.36 Å². The standard InChI is InChI=1S/C12H13N3O/c1-8-5-9(2)7-10(6-8)15-4-3-14-11(13)12(15)16/h3-7H,1-2H3,(H2,13,14). The third-order valence-corrected chi connectivity index (χ3v) is 2.35. The van der Waals surface area contributed by atoms with Crippen molar-refractivity contribution in [1.82, 2.24) is 9.55 Å². The second kappa shape index (κ2) is 3.81. The van der Waals surface area contributed by atoms with Crippen molar-refractivity contribution >= 4 is 5.82 Å². The summed E-state index contributed by atoms with van der Waals surface area (Å²) >= 11 is 0. The second-order valence-corrected chi connectivity index (χ2v) is 3.83. The highest BCUT2D eigenvalue weighted by Gasteiger charge is 2.03. The van der Waals surface area contributed by atoms with Crippen molar-refractivity contribution in [3.63, 3.8) is 0 Å². The van der Waals surface area contributed by atoms with Crippen LogP contribution in [0.5, 0.6) is 0 Å². The predicted octanol–water partition coefficient (Wildman–Crippen LogP) is 1.43. The Morgan fingerprint density at radius 3 is 2.44 bits per heavy atom. The van der Waals surface area contributed by atoms with Crippen LogP contribution in [0.2, 0.25) is 0 Å². The van der Waals surface area contributed by atoms with Crippen LogP contribution in [0, 0.1) is 13.8 Å². The van der Waals surface area contributed by atoms with Crippen molar-refractivity contribution < 1.29 is 0 Å². The first kappa shape index (κ1) is 10.4. The SMILES string of the molecule is Cc1cc(C)cc(-n2ccnc(N)c2=O)c1. The normalized spacial score (nSPS) is 10.4. The van der Waals surface area contributed by atoms with E-state index < -0.39 is 0 Å². The highest BCUT2D eigenvalue weighted by molar-refractivity contribution is 5.41. The van der Waals surface area contributed by atoms with Crippen LogP contribution in [0.3, 0.4) is 0 Å². The molecule has 1 heterocycles. The third kappa shape index (κ3) is 1.82. The topological polar surface area (TPSA) is 60.9 Å². The monoisotopic (exact) mass is 215 g/mol. The Morgan fingerprint density at radius 2 is 1.81 bits per heavy atom. The highest BCUT2D eigenvalue weighted by Crippen LogP contribution is 2.11. The van der Waals surface area contributed by atoms with Crippen molar-refractivity contribution in [2.75, 3.05) is 5.73 Å². The van der Waals surface area contributed by atoms with Crippen molar-refractivity contribution in [2.45, 2.75) is 13.8 Å². The van der Waals surface area contributed by atoms with Crippen molar-refractivity contribution in [1.29, 1.82) is 0 Å². The van der Waals surface area contributed by atoms with Gasteiger partial charge in [-0.05, 0) is 37.1 Å². The molecular weight excluding hydrogens is 202 g/mol. The number of aryl methyl sites for hydroxylation is 2. The number of hydrogen-bond donors (Lipinski definition) is 1. The molecule has 1 aromatic heterocycles. The molecule has 0 unspecified atom stereocenters. The summed E-state index contributed by atoms with van der Waals surface area (Å²) in [5.41, 5.74) is 8.24. The van der Waals surface area contributed by atoms with Crippen LogP contribution >= 0.6 is 0 Å². The van der Waals surface area contributed by atoms with Crippen molar-refractivity contribution in [3.8, 4) is 5.69 Å². The molecule has 0 saturated carbocycles. The molecule has 0 atom stereocenters. The van der Waals surface area contributed by atoms with Crippen LogP contribution in [-0.4, -0.2) is 9.55 Å². The van der Waals surface area contributed by atoms with E-state index in [1.165, 1.54) is 10.8 Å². The average molecular weight is 215 g/mol. The summed E-state index contributed by atoms with van der Waals surface area (Å²) < 4.78 is 1.50. The number of nitrogen functional groups attached to an aromatic ring is 1. The molecule has 1 aromatic carbocycles. The Balaban J connectivity index is 2.68. The fourth-order valence-corrected chi connectivity index (χ4v) is 1.72. The van der Waals surface area contributed by atoms with Crippen LogP contribution in [0.4, 0.5) is 5.82 Å². The number of hydrogen-bond acceptors (Lipinski definition) is 3. The summed E-state index contributed by atoms with van der Waals surface area (Å²) in [5.74, 6) is 0.0154. The lowest BCUT2D eigenvalue weighted by Gasteiger charge is -2.08. The van der Waals surface area contributed by atoms with Gasteiger partial charge in [0.05, 0.1) is 0 Å². The quantitative estimate of drug-likeness (QED) is 0.782. The molecule has 0 amide bonds.